The first-order chi connectivity index (χ1) is 14.9. The number of piperidine rings is 1. The summed E-state index contributed by atoms with van der Waals surface area (Å²) in [6, 6.07) is 21.9. The summed E-state index contributed by atoms with van der Waals surface area (Å²) >= 11 is 0. The highest BCUT2D eigenvalue weighted by Crippen LogP contribution is 2.29. The van der Waals surface area contributed by atoms with E-state index in [1.54, 1.807) is 54.6 Å². The van der Waals surface area contributed by atoms with E-state index in [0.717, 1.165) is 12.8 Å². The number of anilines is 1. The van der Waals surface area contributed by atoms with Gasteiger partial charge in [-0.2, -0.15) is 0 Å². The summed E-state index contributed by atoms with van der Waals surface area (Å²) in [6.07, 6.45) is 1.73. The van der Waals surface area contributed by atoms with Gasteiger partial charge >= 0.3 is 0 Å². The molecule has 0 atom stereocenters. The molecular weight excluding hydrogens is 412 g/mol. The molecule has 31 heavy (non-hydrogen) atoms. The first-order valence-corrected chi connectivity index (χ1v) is 11.7. The Labute approximate surface area is 182 Å². The molecule has 1 amide bonds. The second kappa shape index (κ2) is 8.81. The lowest BCUT2D eigenvalue weighted by molar-refractivity contribution is 0.0713. The van der Waals surface area contributed by atoms with E-state index in [1.807, 2.05) is 17.0 Å². The lowest BCUT2D eigenvalue weighted by Gasteiger charge is -2.32. The average Bonchev–Trinajstić information content (AvgIpc) is 2.80. The molecule has 0 spiro atoms. The molecule has 160 valence electrons. The van der Waals surface area contributed by atoms with Crippen molar-refractivity contribution < 1.29 is 18.3 Å². The van der Waals surface area contributed by atoms with Gasteiger partial charge in [-0.1, -0.05) is 30.3 Å². The molecule has 0 bridgehead atoms. The number of hydrogen-bond acceptors (Lipinski definition) is 4. The molecule has 6 nitrogen and oxygen atoms in total. The molecule has 0 aromatic heterocycles. The van der Waals surface area contributed by atoms with Gasteiger partial charge in [0.25, 0.3) is 15.9 Å². The lowest BCUT2D eigenvalue weighted by atomic mass is 9.89. The molecule has 7 heteroatoms. The molecule has 1 heterocycles. The number of phenols is 1. The van der Waals surface area contributed by atoms with E-state index in [1.165, 1.54) is 17.7 Å². The SMILES string of the molecule is O=C(c1ccc(NS(=O)(=O)c2ccccc2)cc1)N1CCC(c2ccc(O)cc2)CC1. The number of amides is 1. The maximum atomic E-state index is 12.9. The fraction of sp³-hybridized carbons (Fsp3) is 0.208. The molecule has 1 saturated heterocycles. The number of carbonyl (C=O) groups is 1. The van der Waals surface area contributed by atoms with E-state index in [2.05, 4.69) is 4.72 Å². The number of sulfonamides is 1. The van der Waals surface area contributed by atoms with Crippen LogP contribution in [0.25, 0.3) is 0 Å². The topological polar surface area (TPSA) is 86.7 Å². The van der Waals surface area contributed by atoms with Crippen LogP contribution in [0.1, 0.15) is 34.7 Å². The fourth-order valence-electron chi connectivity index (χ4n) is 3.84. The van der Waals surface area contributed by atoms with E-state index in [9.17, 15) is 18.3 Å². The zero-order chi connectivity index (χ0) is 21.8. The monoisotopic (exact) mass is 436 g/mol. The number of aromatic hydroxyl groups is 1. The Morgan fingerprint density at radius 2 is 1.48 bits per heavy atom. The van der Waals surface area contributed by atoms with Crippen LogP contribution in [0.2, 0.25) is 0 Å². The number of hydrogen-bond donors (Lipinski definition) is 2. The number of nitrogens with zero attached hydrogens (tertiary/aromatic N) is 1. The Balaban J connectivity index is 1.37. The van der Waals surface area contributed by atoms with Gasteiger partial charge in [-0.3, -0.25) is 9.52 Å². The Hall–Kier alpha value is -3.32. The van der Waals surface area contributed by atoms with Gasteiger partial charge in [-0.25, -0.2) is 8.42 Å². The highest BCUT2D eigenvalue weighted by atomic mass is 32.2. The van der Waals surface area contributed by atoms with Gasteiger partial charge in [-0.05, 0) is 72.9 Å². The van der Waals surface area contributed by atoms with Gasteiger partial charge in [0, 0.05) is 24.3 Å². The van der Waals surface area contributed by atoms with Gasteiger partial charge in [0.15, 0.2) is 0 Å². The van der Waals surface area contributed by atoms with Crippen LogP contribution in [-0.4, -0.2) is 37.4 Å². The van der Waals surface area contributed by atoms with Crippen LogP contribution in [0.5, 0.6) is 5.75 Å². The van der Waals surface area contributed by atoms with Crippen molar-refractivity contribution in [3.05, 3.63) is 90.0 Å². The molecule has 0 aliphatic carbocycles. The average molecular weight is 437 g/mol. The fourth-order valence-corrected chi connectivity index (χ4v) is 4.92. The smallest absolute Gasteiger partial charge is 0.261 e. The zero-order valence-corrected chi connectivity index (χ0v) is 17.8. The minimum Gasteiger partial charge on any atom is -0.508 e. The predicted molar refractivity (Wildman–Crippen MR) is 120 cm³/mol. The Bertz CT molecular complexity index is 1140. The van der Waals surface area contributed by atoms with E-state index >= 15 is 0 Å². The quantitative estimate of drug-likeness (QED) is 0.627. The van der Waals surface area contributed by atoms with Gasteiger partial charge in [0.05, 0.1) is 4.90 Å². The molecule has 2 N–H and O–H groups in total. The normalized spacial score (nSPS) is 14.9. The predicted octanol–water partition coefficient (Wildman–Crippen LogP) is 4.21. The molecule has 0 saturated carbocycles. The Morgan fingerprint density at radius 3 is 2.10 bits per heavy atom. The number of rotatable bonds is 5. The minimum atomic E-state index is -3.66. The first kappa shape index (κ1) is 20.9. The van der Waals surface area contributed by atoms with E-state index < -0.39 is 10.0 Å². The maximum Gasteiger partial charge on any atom is 0.261 e. The summed E-state index contributed by atoms with van der Waals surface area (Å²) in [5, 5.41) is 9.45. The third-order valence-electron chi connectivity index (χ3n) is 5.58. The Morgan fingerprint density at radius 1 is 0.871 bits per heavy atom. The number of benzene rings is 3. The van der Waals surface area contributed by atoms with Crippen molar-refractivity contribution in [1.29, 1.82) is 0 Å². The van der Waals surface area contributed by atoms with Crippen molar-refractivity contribution in [2.45, 2.75) is 23.7 Å². The number of phenolic OH excluding ortho intramolecular Hbond substituents is 1. The zero-order valence-electron chi connectivity index (χ0n) is 16.9. The van der Waals surface area contributed by atoms with Gasteiger partial charge in [-0.15, -0.1) is 0 Å². The molecule has 3 aromatic carbocycles. The third kappa shape index (κ3) is 4.88. The molecule has 3 aromatic rings. The molecule has 0 radical (unpaired) electrons. The highest BCUT2D eigenvalue weighted by molar-refractivity contribution is 7.92. The lowest BCUT2D eigenvalue weighted by Crippen LogP contribution is -2.37. The summed E-state index contributed by atoms with van der Waals surface area (Å²) < 4.78 is 27.4. The molecule has 1 aliphatic rings. The van der Waals surface area contributed by atoms with E-state index in [0.29, 0.717) is 30.3 Å². The second-order valence-electron chi connectivity index (χ2n) is 7.65. The first-order valence-electron chi connectivity index (χ1n) is 10.2. The summed E-state index contributed by atoms with van der Waals surface area (Å²) in [6.45, 7) is 1.32. The number of nitrogens with one attached hydrogen (secondary N) is 1. The second-order valence-corrected chi connectivity index (χ2v) is 9.34. The van der Waals surface area contributed by atoms with Crippen LogP contribution in [0.15, 0.2) is 83.8 Å². The van der Waals surface area contributed by atoms with Crippen molar-refractivity contribution in [2.75, 3.05) is 17.8 Å². The van der Waals surface area contributed by atoms with Crippen molar-refractivity contribution in [2.24, 2.45) is 0 Å². The summed E-state index contributed by atoms with van der Waals surface area (Å²) in [4.78, 5) is 14.9. The maximum absolute atomic E-state index is 12.9. The van der Waals surface area contributed by atoms with Crippen LogP contribution >= 0.6 is 0 Å². The van der Waals surface area contributed by atoms with Crippen LogP contribution in [0.3, 0.4) is 0 Å². The van der Waals surface area contributed by atoms with Crippen LogP contribution < -0.4 is 4.72 Å². The van der Waals surface area contributed by atoms with Crippen molar-refractivity contribution in [1.82, 2.24) is 4.90 Å². The minimum absolute atomic E-state index is 0.0541. The van der Waals surface area contributed by atoms with Gasteiger partial charge < -0.3 is 10.0 Å². The molecule has 0 unspecified atom stereocenters. The molecule has 4 rings (SSSR count). The van der Waals surface area contributed by atoms with Crippen LogP contribution in [-0.2, 0) is 10.0 Å². The van der Waals surface area contributed by atoms with Crippen molar-refractivity contribution in [3.8, 4) is 5.75 Å². The van der Waals surface area contributed by atoms with E-state index in [-0.39, 0.29) is 16.6 Å². The van der Waals surface area contributed by atoms with Crippen LogP contribution in [0.4, 0.5) is 5.69 Å². The van der Waals surface area contributed by atoms with E-state index in [4.69, 9.17) is 0 Å². The van der Waals surface area contributed by atoms with Crippen molar-refractivity contribution >= 4 is 21.6 Å². The van der Waals surface area contributed by atoms with Gasteiger partial charge in [0.2, 0.25) is 0 Å². The molecule has 1 aliphatic heterocycles. The number of carbonyl (C=O) groups excluding carboxylic acids is 1. The third-order valence-corrected chi connectivity index (χ3v) is 6.98. The summed E-state index contributed by atoms with van der Waals surface area (Å²) in [5.41, 5.74) is 2.12. The summed E-state index contributed by atoms with van der Waals surface area (Å²) in [5.74, 6) is 0.576. The standard InChI is InChI=1S/C24H24N2O4S/c27-22-12-8-18(9-13-22)19-14-16-26(17-15-19)24(28)20-6-10-21(11-7-20)25-31(29,30)23-4-2-1-3-5-23/h1-13,19,25,27H,14-17H2. The molecular formula is C24H24N2O4S. The highest BCUT2D eigenvalue weighted by Gasteiger charge is 2.24. The summed E-state index contributed by atoms with van der Waals surface area (Å²) in [7, 11) is -3.66. The largest absolute Gasteiger partial charge is 0.508 e. The van der Waals surface area contributed by atoms with Crippen LogP contribution in [0, 0.1) is 0 Å². The van der Waals surface area contributed by atoms with Crippen molar-refractivity contribution in [3.63, 3.8) is 0 Å². The molecule has 1 fully saturated rings. The Kier molecular flexibility index (Phi) is 5.95. The number of likely N-dealkylation sites (tertiary alicyclic amines) is 1. The van der Waals surface area contributed by atoms with Gasteiger partial charge in [0.1, 0.15) is 5.75 Å².